The van der Waals surface area contributed by atoms with Gasteiger partial charge in [0.1, 0.15) is 0 Å². The van der Waals surface area contributed by atoms with Gasteiger partial charge in [0, 0.05) is 28.7 Å². The van der Waals surface area contributed by atoms with Crippen LogP contribution in [0.4, 0.5) is 0 Å². The molecule has 0 saturated carbocycles. The molecule has 5 nitrogen and oxygen atoms in total. The van der Waals surface area contributed by atoms with Gasteiger partial charge in [0.25, 0.3) is 0 Å². The number of aryl methyl sites for hydroxylation is 1. The first-order chi connectivity index (χ1) is 9.00. The Morgan fingerprint density at radius 3 is 2.84 bits per heavy atom. The van der Waals surface area contributed by atoms with Gasteiger partial charge in [-0.25, -0.2) is 4.79 Å². The maximum Gasteiger partial charge on any atom is 0.348 e. The Morgan fingerprint density at radius 1 is 1.53 bits per heavy atom. The number of aliphatic carboxylic acids is 1. The van der Waals surface area contributed by atoms with Crippen molar-refractivity contribution in [3.05, 3.63) is 27.4 Å². The summed E-state index contributed by atoms with van der Waals surface area (Å²) in [7, 11) is 0. The second-order valence-corrected chi connectivity index (χ2v) is 6.01. The summed E-state index contributed by atoms with van der Waals surface area (Å²) in [5.74, 6) is 1.14. The summed E-state index contributed by atoms with van der Waals surface area (Å²) in [6.07, 6.45) is 1.97. The Hall–Kier alpha value is -1.30. The molecular weight excluding hydrogens is 264 g/mol. The summed E-state index contributed by atoms with van der Waals surface area (Å²) in [5, 5.41) is 8.97. The average Bonchev–Trinajstić information content (AvgIpc) is 2.35. The lowest BCUT2D eigenvalue weighted by atomic mass is 10.1. The molecule has 0 radical (unpaired) electrons. The number of carboxylic acids is 1. The molecule has 1 saturated heterocycles. The summed E-state index contributed by atoms with van der Waals surface area (Å²) in [6.45, 7) is 3.53. The zero-order valence-corrected chi connectivity index (χ0v) is 12.0. The average molecular weight is 282 g/mol. The van der Waals surface area contributed by atoms with E-state index < -0.39 is 5.97 Å². The van der Waals surface area contributed by atoms with E-state index in [1.165, 1.54) is 0 Å². The van der Waals surface area contributed by atoms with Crippen LogP contribution in [-0.4, -0.2) is 32.1 Å². The molecule has 104 valence electrons. The first-order valence-corrected chi connectivity index (χ1v) is 7.54. The molecule has 0 bridgehead atoms. The van der Waals surface area contributed by atoms with Crippen molar-refractivity contribution < 1.29 is 9.90 Å². The molecule has 1 unspecified atom stereocenters. The predicted octanol–water partition coefficient (Wildman–Crippen LogP) is 1.56. The molecule has 2 rings (SSSR count). The molecule has 0 amide bonds. The summed E-state index contributed by atoms with van der Waals surface area (Å²) in [5.41, 5.74) is 1.70. The quantitative estimate of drug-likeness (QED) is 0.910. The van der Waals surface area contributed by atoms with Crippen molar-refractivity contribution in [2.75, 3.05) is 11.5 Å². The first kappa shape index (κ1) is 14.1. The van der Waals surface area contributed by atoms with Crippen LogP contribution >= 0.6 is 11.8 Å². The monoisotopic (exact) mass is 282 g/mol. The third-order valence-electron chi connectivity index (χ3n) is 3.53. The highest BCUT2D eigenvalue weighted by molar-refractivity contribution is 7.99. The van der Waals surface area contributed by atoms with Gasteiger partial charge in [0.2, 0.25) is 0 Å². The van der Waals surface area contributed by atoms with Gasteiger partial charge in [-0.1, -0.05) is 0 Å². The van der Waals surface area contributed by atoms with E-state index in [1.807, 2.05) is 18.7 Å². The molecule has 2 heterocycles. The molecule has 1 N–H and O–H groups in total. The summed E-state index contributed by atoms with van der Waals surface area (Å²) in [4.78, 5) is 27.0. The standard InChI is InChI=1S/C13H18N2O3S/c1-8-11(6-12(16)17)9(2)15(13(18)14-8)10-4-3-5-19-7-10/h10H,3-7H2,1-2H3,(H,16,17). The lowest BCUT2D eigenvalue weighted by Crippen LogP contribution is -2.33. The lowest BCUT2D eigenvalue weighted by molar-refractivity contribution is -0.136. The number of carboxylic acid groups (broad SMARTS) is 1. The van der Waals surface area contributed by atoms with Gasteiger partial charge in [0.15, 0.2) is 0 Å². The minimum Gasteiger partial charge on any atom is -0.481 e. The van der Waals surface area contributed by atoms with Gasteiger partial charge in [-0.05, 0) is 32.4 Å². The van der Waals surface area contributed by atoms with E-state index >= 15 is 0 Å². The highest BCUT2D eigenvalue weighted by Crippen LogP contribution is 2.27. The first-order valence-electron chi connectivity index (χ1n) is 6.39. The van der Waals surface area contributed by atoms with E-state index in [4.69, 9.17) is 5.11 Å². The minimum atomic E-state index is -0.892. The molecule has 6 heteroatoms. The molecule has 0 spiro atoms. The highest BCUT2D eigenvalue weighted by atomic mass is 32.2. The minimum absolute atomic E-state index is 0.0786. The van der Waals surface area contributed by atoms with Crippen LogP contribution in [0.15, 0.2) is 4.79 Å². The third kappa shape index (κ3) is 3.00. The van der Waals surface area contributed by atoms with Gasteiger partial charge in [-0.15, -0.1) is 0 Å². The van der Waals surface area contributed by atoms with E-state index in [-0.39, 0.29) is 18.2 Å². The Labute approximate surface area is 116 Å². The third-order valence-corrected chi connectivity index (χ3v) is 4.73. The van der Waals surface area contributed by atoms with E-state index in [2.05, 4.69) is 4.98 Å². The summed E-state index contributed by atoms with van der Waals surface area (Å²) in [6, 6.07) is 0.145. The molecular formula is C13H18N2O3S. The Kier molecular flexibility index (Phi) is 4.29. The normalized spacial score (nSPS) is 19.4. The molecule has 0 aliphatic carbocycles. The second-order valence-electron chi connectivity index (χ2n) is 4.86. The van der Waals surface area contributed by atoms with Gasteiger partial charge in [-0.2, -0.15) is 16.7 Å². The fourth-order valence-electron chi connectivity index (χ4n) is 2.58. The van der Waals surface area contributed by atoms with Crippen LogP contribution in [0.2, 0.25) is 0 Å². The van der Waals surface area contributed by atoms with E-state index in [9.17, 15) is 9.59 Å². The summed E-state index contributed by atoms with van der Waals surface area (Å²) >= 11 is 1.84. The molecule has 1 fully saturated rings. The number of hydrogen-bond donors (Lipinski definition) is 1. The topological polar surface area (TPSA) is 72.2 Å². The zero-order chi connectivity index (χ0) is 14.0. The Morgan fingerprint density at radius 2 is 2.26 bits per heavy atom. The van der Waals surface area contributed by atoms with Crippen LogP contribution in [0.25, 0.3) is 0 Å². The van der Waals surface area contributed by atoms with Crippen LogP contribution in [0.5, 0.6) is 0 Å². The Balaban J connectivity index is 2.47. The van der Waals surface area contributed by atoms with Crippen LogP contribution in [0, 0.1) is 13.8 Å². The van der Waals surface area contributed by atoms with Crippen molar-refractivity contribution in [1.82, 2.24) is 9.55 Å². The maximum absolute atomic E-state index is 12.1. The highest BCUT2D eigenvalue weighted by Gasteiger charge is 2.22. The zero-order valence-electron chi connectivity index (χ0n) is 11.2. The Bertz CT molecular complexity index is 548. The largest absolute Gasteiger partial charge is 0.481 e. The molecule has 0 aromatic carbocycles. The fourth-order valence-corrected chi connectivity index (χ4v) is 3.71. The van der Waals surface area contributed by atoms with Crippen LogP contribution in [0.1, 0.15) is 35.8 Å². The molecule has 1 aromatic heterocycles. The number of nitrogens with zero attached hydrogens (tertiary/aromatic N) is 2. The predicted molar refractivity (Wildman–Crippen MR) is 74.9 cm³/mol. The number of carbonyl (C=O) groups is 1. The molecule has 19 heavy (non-hydrogen) atoms. The SMILES string of the molecule is Cc1nc(=O)n(C2CCCSC2)c(C)c1CC(=O)O. The summed E-state index contributed by atoms with van der Waals surface area (Å²) < 4.78 is 1.69. The van der Waals surface area contributed by atoms with Crippen molar-refractivity contribution in [2.24, 2.45) is 0 Å². The van der Waals surface area contributed by atoms with Crippen molar-refractivity contribution >= 4 is 17.7 Å². The van der Waals surface area contributed by atoms with E-state index in [1.54, 1.807) is 11.5 Å². The second kappa shape index (κ2) is 5.77. The molecule has 1 aliphatic rings. The van der Waals surface area contributed by atoms with Crippen LogP contribution in [0.3, 0.4) is 0 Å². The van der Waals surface area contributed by atoms with Crippen LogP contribution < -0.4 is 5.69 Å². The van der Waals surface area contributed by atoms with Gasteiger partial charge in [0.05, 0.1) is 6.42 Å². The van der Waals surface area contributed by atoms with E-state index in [0.717, 1.165) is 30.0 Å². The van der Waals surface area contributed by atoms with Crippen LogP contribution in [-0.2, 0) is 11.2 Å². The van der Waals surface area contributed by atoms with Crippen molar-refractivity contribution in [1.29, 1.82) is 0 Å². The van der Waals surface area contributed by atoms with Crippen molar-refractivity contribution in [2.45, 2.75) is 39.2 Å². The fraction of sp³-hybridized carbons (Fsp3) is 0.615. The van der Waals surface area contributed by atoms with E-state index in [0.29, 0.717) is 11.3 Å². The smallest absolute Gasteiger partial charge is 0.348 e. The molecule has 1 aromatic rings. The van der Waals surface area contributed by atoms with Gasteiger partial charge >= 0.3 is 11.7 Å². The lowest BCUT2D eigenvalue weighted by Gasteiger charge is -2.26. The maximum atomic E-state index is 12.1. The van der Waals surface area contributed by atoms with Crippen molar-refractivity contribution in [3.8, 4) is 0 Å². The number of aromatic nitrogens is 2. The molecule has 1 atom stereocenters. The van der Waals surface area contributed by atoms with Gasteiger partial charge < -0.3 is 5.11 Å². The number of thioether (sulfide) groups is 1. The number of hydrogen-bond acceptors (Lipinski definition) is 4. The van der Waals surface area contributed by atoms with Gasteiger partial charge in [-0.3, -0.25) is 9.36 Å². The number of rotatable bonds is 3. The van der Waals surface area contributed by atoms with Crippen molar-refractivity contribution in [3.63, 3.8) is 0 Å². The molecule has 1 aliphatic heterocycles.